The number of benzene rings is 2. The SMILES string of the molecule is Cc1cccc(N2CCN(C(=O)c3ccc(Nc4ccccc4C)nc3)CC2)c1. The van der Waals surface area contributed by atoms with Crippen molar-refractivity contribution in [2.24, 2.45) is 0 Å². The second-order valence-corrected chi connectivity index (χ2v) is 7.49. The molecule has 1 N–H and O–H groups in total. The lowest BCUT2D eigenvalue weighted by Crippen LogP contribution is -2.48. The van der Waals surface area contributed by atoms with Gasteiger partial charge in [-0.3, -0.25) is 4.79 Å². The highest BCUT2D eigenvalue weighted by Crippen LogP contribution is 2.20. The van der Waals surface area contributed by atoms with Crippen LogP contribution in [-0.2, 0) is 0 Å². The summed E-state index contributed by atoms with van der Waals surface area (Å²) in [5, 5.41) is 3.30. The molecule has 29 heavy (non-hydrogen) atoms. The maximum Gasteiger partial charge on any atom is 0.255 e. The molecule has 5 heteroatoms. The van der Waals surface area contributed by atoms with E-state index in [2.05, 4.69) is 59.4 Å². The van der Waals surface area contributed by atoms with Gasteiger partial charge in [-0.2, -0.15) is 0 Å². The molecule has 2 heterocycles. The zero-order valence-electron chi connectivity index (χ0n) is 16.9. The Morgan fingerprint density at radius 3 is 2.41 bits per heavy atom. The third-order valence-corrected chi connectivity index (χ3v) is 5.35. The van der Waals surface area contributed by atoms with Crippen molar-refractivity contribution in [2.75, 3.05) is 36.4 Å². The van der Waals surface area contributed by atoms with E-state index in [1.165, 1.54) is 11.3 Å². The minimum Gasteiger partial charge on any atom is -0.368 e. The molecule has 1 amide bonds. The summed E-state index contributed by atoms with van der Waals surface area (Å²) in [6.07, 6.45) is 1.66. The number of aromatic nitrogens is 1. The molecule has 5 nitrogen and oxygen atoms in total. The molecule has 1 fully saturated rings. The van der Waals surface area contributed by atoms with Gasteiger partial charge >= 0.3 is 0 Å². The number of carbonyl (C=O) groups excluding carboxylic acids is 1. The Morgan fingerprint density at radius 1 is 0.931 bits per heavy atom. The Kier molecular flexibility index (Phi) is 5.47. The van der Waals surface area contributed by atoms with Crippen LogP contribution in [0.25, 0.3) is 0 Å². The predicted octanol–water partition coefficient (Wildman–Crippen LogP) is 4.40. The van der Waals surface area contributed by atoms with E-state index in [0.29, 0.717) is 5.56 Å². The maximum absolute atomic E-state index is 12.9. The highest BCUT2D eigenvalue weighted by molar-refractivity contribution is 5.94. The van der Waals surface area contributed by atoms with Gasteiger partial charge in [0.25, 0.3) is 5.91 Å². The van der Waals surface area contributed by atoms with E-state index in [0.717, 1.165) is 43.2 Å². The van der Waals surface area contributed by atoms with Crippen molar-refractivity contribution < 1.29 is 4.79 Å². The number of rotatable bonds is 4. The number of nitrogens with one attached hydrogen (secondary N) is 1. The van der Waals surface area contributed by atoms with E-state index >= 15 is 0 Å². The summed E-state index contributed by atoms with van der Waals surface area (Å²) in [6.45, 7) is 7.28. The van der Waals surface area contributed by atoms with Crippen molar-refractivity contribution in [3.05, 3.63) is 83.6 Å². The van der Waals surface area contributed by atoms with Crippen molar-refractivity contribution >= 4 is 23.1 Å². The quantitative estimate of drug-likeness (QED) is 0.722. The number of para-hydroxylation sites is 1. The Balaban J connectivity index is 1.37. The highest BCUT2D eigenvalue weighted by Gasteiger charge is 2.22. The zero-order valence-corrected chi connectivity index (χ0v) is 16.9. The molecule has 1 aliphatic heterocycles. The lowest BCUT2D eigenvalue weighted by molar-refractivity contribution is 0.0746. The number of piperazine rings is 1. The smallest absolute Gasteiger partial charge is 0.255 e. The number of nitrogens with zero attached hydrogens (tertiary/aromatic N) is 3. The fraction of sp³-hybridized carbons (Fsp3) is 0.250. The number of pyridine rings is 1. The van der Waals surface area contributed by atoms with Crippen LogP contribution < -0.4 is 10.2 Å². The lowest BCUT2D eigenvalue weighted by atomic mass is 10.1. The van der Waals surface area contributed by atoms with Gasteiger partial charge in [-0.05, 0) is 55.3 Å². The average Bonchev–Trinajstić information content (AvgIpc) is 2.75. The Labute approximate surface area is 172 Å². The molecule has 0 spiro atoms. The second kappa shape index (κ2) is 8.35. The molecule has 0 atom stereocenters. The number of carbonyl (C=O) groups is 1. The number of aryl methyl sites for hydroxylation is 2. The van der Waals surface area contributed by atoms with Gasteiger partial charge in [0, 0.05) is 43.8 Å². The van der Waals surface area contributed by atoms with Crippen LogP contribution >= 0.6 is 0 Å². The average molecular weight is 386 g/mol. The molecule has 0 unspecified atom stereocenters. The summed E-state index contributed by atoms with van der Waals surface area (Å²) in [5.74, 6) is 0.781. The maximum atomic E-state index is 12.9. The van der Waals surface area contributed by atoms with Gasteiger partial charge in [-0.25, -0.2) is 4.98 Å². The zero-order chi connectivity index (χ0) is 20.2. The monoisotopic (exact) mass is 386 g/mol. The van der Waals surface area contributed by atoms with E-state index in [1.54, 1.807) is 6.20 Å². The van der Waals surface area contributed by atoms with Gasteiger partial charge < -0.3 is 15.1 Å². The number of anilines is 3. The van der Waals surface area contributed by atoms with Gasteiger partial charge in [-0.1, -0.05) is 30.3 Å². The van der Waals surface area contributed by atoms with Crippen molar-refractivity contribution in [1.82, 2.24) is 9.88 Å². The predicted molar refractivity (Wildman–Crippen MR) is 118 cm³/mol. The summed E-state index contributed by atoms with van der Waals surface area (Å²) in [7, 11) is 0. The molecule has 0 radical (unpaired) electrons. The molecule has 1 aliphatic rings. The molecule has 148 valence electrons. The van der Waals surface area contributed by atoms with Crippen LogP contribution in [0.4, 0.5) is 17.2 Å². The van der Waals surface area contributed by atoms with Crippen LogP contribution in [0.2, 0.25) is 0 Å². The highest BCUT2D eigenvalue weighted by atomic mass is 16.2. The first-order valence-corrected chi connectivity index (χ1v) is 10.00. The topological polar surface area (TPSA) is 48.5 Å². The molecular formula is C24H26N4O. The molecule has 0 aliphatic carbocycles. The van der Waals surface area contributed by atoms with Gasteiger partial charge in [0.15, 0.2) is 0 Å². The molecule has 1 saturated heterocycles. The minimum absolute atomic E-state index is 0.0452. The van der Waals surface area contributed by atoms with Gasteiger partial charge in [0.05, 0.1) is 5.56 Å². The van der Waals surface area contributed by atoms with Crippen molar-refractivity contribution in [1.29, 1.82) is 0 Å². The molecule has 2 aromatic carbocycles. The van der Waals surface area contributed by atoms with Gasteiger partial charge in [-0.15, -0.1) is 0 Å². The first-order valence-electron chi connectivity index (χ1n) is 10.00. The standard InChI is InChI=1S/C24H26N4O/c1-18-6-5-8-21(16-18)27-12-14-28(15-13-27)24(29)20-10-11-23(25-17-20)26-22-9-4-3-7-19(22)2/h3-11,16-17H,12-15H2,1-2H3,(H,25,26). The summed E-state index contributed by atoms with van der Waals surface area (Å²) in [6, 6.07) is 20.3. The third-order valence-electron chi connectivity index (χ3n) is 5.35. The molecule has 3 aromatic rings. The molecule has 1 aromatic heterocycles. The molecular weight excluding hydrogens is 360 g/mol. The van der Waals surface area contributed by atoms with Crippen molar-refractivity contribution in [3.63, 3.8) is 0 Å². The first kappa shape index (κ1) is 19.0. The Hall–Kier alpha value is -3.34. The van der Waals surface area contributed by atoms with Crippen LogP contribution in [-0.4, -0.2) is 42.0 Å². The van der Waals surface area contributed by atoms with E-state index in [9.17, 15) is 4.79 Å². The van der Waals surface area contributed by atoms with Crippen LogP contribution in [0.3, 0.4) is 0 Å². The lowest BCUT2D eigenvalue weighted by Gasteiger charge is -2.36. The number of hydrogen-bond acceptors (Lipinski definition) is 4. The van der Waals surface area contributed by atoms with Crippen LogP contribution in [0.5, 0.6) is 0 Å². The summed E-state index contributed by atoms with van der Waals surface area (Å²) >= 11 is 0. The molecule has 0 saturated carbocycles. The fourth-order valence-corrected chi connectivity index (χ4v) is 3.62. The Bertz CT molecular complexity index is 992. The van der Waals surface area contributed by atoms with Crippen LogP contribution in [0.15, 0.2) is 66.9 Å². The molecule has 4 rings (SSSR count). The van der Waals surface area contributed by atoms with E-state index in [1.807, 2.05) is 35.2 Å². The summed E-state index contributed by atoms with van der Waals surface area (Å²) in [5.41, 5.74) is 5.29. The molecule has 0 bridgehead atoms. The van der Waals surface area contributed by atoms with E-state index in [4.69, 9.17) is 0 Å². The van der Waals surface area contributed by atoms with Crippen LogP contribution in [0.1, 0.15) is 21.5 Å². The van der Waals surface area contributed by atoms with Gasteiger partial charge in [0.2, 0.25) is 0 Å². The fourth-order valence-electron chi connectivity index (χ4n) is 3.62. The minimum atomic E-state index is 0.0452. The largest absolute Gasteiger partial charge is 0.368 e. The third kappa shape index (κ3) is 4.40. The number of hydrogen-bond donors (Lipinski definition) is 1. The summed E-state index contributed by atoms with van der Waals surface area (Å²) in [4.78, 5) is 21.6. The number of amides is 1. The second-order valence-electron chi connectivity index (χ2n) is 7.49. The van der Waals surface area contributed by atoms with Gasteiger partial charge in [0.1, 0.15) is 5.82 Å². The first-order chi connectivity index (χ1) is 14.1. The normalized spacial score (nSPS) is 14.0. The summed E-state index contributed by atoms with van der Waals surface area (Å²) < 4.78 is 0. The van der Waals surface area contributed by atoms with E-state index in [-0.39, 0.29) is 5.91 Å². The van der Waals surface area contributed by atoms with Crippen molar-refractivity contribution in [2.45, 2.75) is 13.8 Å². The van der Waals surface area contributed by atoms with Crippen molar-refractivity contribution in [3.8, 4) is 0 Å². The van der Waals surface area contributed by atoms with E-state index < -0.39 is 0 Å². The Morgan fingerprint density at radius 2 is 1.72 bits per heavy atom. The van der Waals surface area contributed by atoms with Crippen LogP contribution in [0, 0.1) is 13.8 Å².